The summed E-state index contributed by atoms with van der Waals surface area (Å²) in [6.07, 6.45) is 0. The molecule has 10 nitrogen and oxygen atoms in total. The fourth-order valence-electron chi connectivity index (χ4n) is 16.2. The molecule has 676 valence electrons. The van der Waals surface area contributed by atoms with Crippen molar-refractivity contribution >= 4 is 0 Å². The summed E-state index contributed by atoms with van der Waals surface area (Å²) in [7, 11) is 0. The second kappa shape index (κ2) is 24.8. The van der Waals surface area contributed by atoms with Crippen molar-refractivity contribution in [3.8, 4) is 0 Å². The lowest BCUT2D eigenvalue weighted by Gasteiger charge is -2.72. The van der Waals surface area contributed by atoms with Crippen LogP contribution in [-0.2, 0) is 0 Å². The van der Waals surface area contributed by atoms with E-state index in [1.54, 1.807) is 0 Å². The van der Waals surface area contributed by atoms with Gasteiger partial charge in [-0.1, -0.05) is 0 Å². The first-order chi connectivity index (χ1) is 49.8. The molecule has 8 rings (SSSR count). The van der Waals surface area contributed by atoms with Gasteiger partial charge in [-0.2, -0.15) is 61.5 Å². The summed E-state index contributed by atoms with van der Waals surface area (Å²) >= 11 is 0. The summed E-state index contributed by atoms with van der Waals surface area (Å²) < 4.78 is 770. The number of aliphatic hydroxyl groups excluding tert-OH is 10. The lowest BCUT2D eigenvalue weighted by molar-refractivity contribution is -0.566. The van der Waals surface area contributed by atoms with Gasteiger partial charge in [-0.15, -0.1) is 0 Å². The van der Waals surface area contributed by atoms with E-state index >= 15 is 26.3 Å². The Hall–Kier alpha value is -4.18. The van der Waals surface area contributed by atoms with Gasteiger partial charge >= 0.3 is 106 Å². The zero-order valence-corrected chi connectivity index (χ0v) is 52.8. The molecule has 0 saturated heterocycles. The van der Waals surface area contributed by atoms with Crippen molar-refractivity contribution in [3.63, 3.8) is 0 Å². The molecule has 0 heterocycles. The molecule has 8 aliphatic carbocycles. The molecule has 0 amide bonds. The monoisotopic (exact) mass is 1820 g/mol. The van der Waals surface area contributed by atoms with E-state index < -0.39 is 300 Å². The molecule has 8 bridgehead atoms. The molecule has 114 heavy (non-hydrogen) atoms. The predicted octanol–water partition coefficient (Wildman–Crippen LogP) is 12.0. The molecule has 0 aromatic carbocycles. The first-order valence-electron chi connectivity index (χ1n) is 28.6. The van der Waals surface area contributed by atoms with Crippen molar-refractivity contribution in [1.29, 1.82) is 0 Å². The first-order valence-corrected chi connectivity index (χ1v) is 28.6. The van der Waals surface area contributed by atoms with Gasteiger partial charge in [0.1, 0.15) is 26.7 Å². The van der Waals surface area contributed by atoms with Crippen LogP contribution in [0.15, 0.2) is 0 Å². The Morgan fingerprint density at radius 1 is 0.123 bits per heavy atom. The number of hydrogen-bond acceptors (Lipinski definition) is 10. The van der Waals surface area contributed by atoms with E-state index in [2.05, 4.69) is 0 Å². The van der Waals surface area contributed by atoms with Crippen LogP contribution < -0.4 is 0 Å². The zero-order chi connectivity index (χ0) is 91.9. The highest BCUT2D eigenvalue weighted by Crippen LogP contribution is 2.90. The molecule has 8 aliphatic rings. The summed E-state index contributed by atoms with van der Waals surface area (Å²) in [5.41, 5.74) is -91.7. The predicted molar refractivity (Wildman–Crippen MR) is 246 cm³/mol. The van der Waals surface area contributed by atoms with Crippen molar-refractivity contribution in [2.45, 2.75) is 164 Å². The maximum Gasteiger partial charge on any atom is 0.376 e. The van der Waals surface area contributed by atoms with Gasteiger partial charge in [0.05, 0.1) is 66.1 Å². The molecule has 0 spiro atoms. The third-order valence-electron chi connectivity index (χ3n) is 23.5. The van der Waals surface area contributed by atoms with Crippen molar-refractivity contribution in [2.75, 3.05) is 92.8 Å². The van der Waals surface area contributed by atoms with E-state index in [1.807, 2.05) is 0 Å². The number of rotatable bonds is 14. The summed E-state index contributed by atoms with van der Waals surface area (Å²) in [5.74, 6) is -159. The Balaban J connectivity index is 0.000000272. The molecule has 10 N–H and O–H groups in total. The lowest BCUT2D eigenvalue weighted by atomic mass is 9.37. The molecule has 9 unspecified atom stereocenters. The average Bonchev–Trinajstić information content (AvgIpc) is 0.632. The van der Waals surface area contributed by atoms with E-state index in [4.69, 9.17) is 51.1 Å². The molecule has 9 atom stereocenters. The number of halogens is 54. The van der Waals surface area contributed by atoms with Gasteiger partial charge in [0.25, 0.3) is 58.0 Å². The van der Waals surface area contributed by atoms with E-state index in [0.717, 1.165) is 0 Å². The van der Waals surface area contributed by atoms with Gasteiger partial charge in [-0.05, 0) is 0 Å². The summed E-state index contributed by atoms with van der Waals surface area (Å²) in [6.45, 7) is -49.7. The minimum Gasteiger partial charge on any atom is -0.395 e. The fourth-order valence-corrected chi connectivity index (χ4v) is 16.2. The summed E-state index contributed by atoms with van der Waals surface area (Å²) in [4.78, 5) is 0. The van der Waals surface area contributed by atoms with Crippen LogP contribution in [0.25, 0.3) is 0 Å². The number of aliphatic hydroxyl groups is 10. The Bertz CT molecular complexity index is 3470. The van der Waals surface area contributed by atoms with Crippen molar-refractivity contribution in [1.82, 2.24) is 0 Å². The second-order valence-electron chi connectivity index (χ2n) is 26.8. The third kappa shape index (κ3) is 7.77. The highest BCUT2D eigenvalue weighted by molar-refractivity contribution is 5.46. The maximum atomic E-state index is 15.0. The molecular formula is C50H38F54O10. The smallest absolute Gasteiger partial charge is 0.376 e. The molecular weight excluding hydrogens is 1790 g/mol. The molecule has 8 saturated carbocycles. The lowest BCUT2D eigenvalue weighted by Crippen LogP contribution is -2.98. The molecule has 64 heteroatoms. The van der Waals surface area contributed by atoms with E-state index in [0.29, 0.717) is 0 Å². The van der Waals surface area contributed by atoms with Gasteiger partial charge < -0.3 is 51.1 Å². The van der Waals surface area contributed by atoms with Crippen LogP contribution >= 0.6 is 0 Å². The van der Waals surface area contributed by atoms with Crippen LogP contribution in [0.3, 0.4) is 0 Å². The van der Waals surface area contributed by atoms with Gasteiger partial charge in [0.2, 0.25) is 0 Å². The van der Waals surface area contributed by atoms with Crippen molar-refractivity contribution in [2.24, 2.45) is 43.3 Å². The Morgan fingerprint density at radius 2 is 0.281 bits per heavy atom. The number of hydrogen-bond donors (Lipinski definition) is 10. The number of alkyl halides is 54. The molecule has 0 aromatic rings. The van der Waals surface area contributed by atoms with E-state index in [9.17, 15) is 211 Å². The first kappa shape index (κ1) is 100. The van der Waals surface area contributed by atoms with Crippen molar-refractivity contribution in [3.05, 3.63) is 0 Å². The van der Waals surface area contributed by atoms with Crippen LogP contribution in [-0.4, -0.2) is 308 Å². The fraction of sp³-hybridized carbons (Fsp3) is 1.00. The SMILES string of the molecule is OCC1(F)C(F)(F)C2(CO)C(F)(F)C(CO)(CF)C(F)(F)C(CO)(C1(F)F)C2(F)F.OCC1(F)C(F)(F)C2(CO)C(F)(F)C(F)(CF)C(F)(F)C(CO)(C1(F)F)C2(F)F.OCC12C(F)(F)C(F)(F)C(F)(F)C(CO)(C(F)(F)C(F)(CF)C1(F)F)C2(F)F.OCC12C(F)(F)C(F)(F)C(F)(F)C(F)(C(F)(F)C(F)(CF)C1(F)F)C2(F)F. The Labute approximate surface area is 588 Å². The third-order valence-corrected chi connectivity index (χ3v) is 23.5. The van der Waals surface area contributed by atoms with Crippen LogP contribution in [0.2, 0.25) is 0 Å². The maximum absolute atomic E-state index is 15.0. The minimum absolute atomic E-state index is 3.01. The summed E-state index contributed by atoms with van der Waals surface area (Å²) in [5, 5.41) is 88.9. The van der Waals surface area contributed by atoms with Crippen LogP contribution in [0.1, 0.15) is 0 Å². The molecule has 8 fully saturated rings. The largest absolute Gasteiger partial charge is 0.395 e. The highest BCUT2D eigenvalue weighted by atomic mass is 19.4. The topological polar surface area (TPSA) is 202 Å². The Morgan fingerprint density at radius 3 is 0.447 bits per heavy atom. The molecule has 0 aliphatic heterocycles. The van der Waals surface area contributed by atoms with Crippen molar-refractivity contribution < 1.29 is 288 Å². The quantitative estimate of drug-likeness (QED) is 0.0746. The Kier molecular flexibility index (Phi) is 21.8. The molecule has 0 radical (unpaired) electrons. The van der Waals surface area contributed by atoms with Gasteiger partial charge in [0.15, 0.2) is 43.3 Å². The van der Waals surface area contributed by atoms with Crippen LogP contribution in [0.4, 0.5) is 237 Å². The van der Waals surface area contributed by atoms with Crippen LogP contribution in [0, 0.1) is 43.3 Å². The standard InChI is InChI=1S/C14H14F12O4.C13H11F13O3.C12H8F14O2.C11H5F15O/c15-1-6(2-27)10(17,18)7(3-28)12(21,22)8(4-29,11(6,19)20)14(25,26)9(16,5-30)13(7,23)24;14-1-7(15)10(19,20)5(2-27)9(17,18)6(3-28,11(7,21)22)13(25,26)8(16,4-29)12(5,23)24;13-1-6(14)8(17,18)4(2-27)7(15,16)5(3-28,9(6,19)20)11(23,24)12(25,26)10(4,21)22;12-1-4(13)6(15,16)3(2-27)7(17,18)5(14,9(4,21)22)10(23,24)11(25,26)8(3,19)20/h27-30H,1-5H2;27-29H,1-4H2;27-28H,1-3H2;27H,1-2H2. The van der Waals surface area contributed by atoms with E-state index in [1.165, 1.54) is 0 Å². The summed E-state index contributed by atoms with van der Waals surface area (Å²) in [6, 6.07) is 0. The van der Waals surface area contributed by atoms with Gasteiger partial charge in [0, 0.05) is 0 Å². The average molecular weight is 1820 g/mol. The number of fused-ring (bicyclic) bond motifs is 8. The van der Waals surface area contributed by atoms with E-state index in [-0.39, 0.29) is 0 Å². The van der Waals surface area contributed by atoms with Gasteiger partial charge in [-0.3, -0.25) is 0 Å². The zero-order valence-electron chi connectivity index (χ0n) is 52.8. The highest BCUT2D eigenvalue weighted by Gasteiger charge is 3.17. The normalized spacial score (nSPS) is 45.3. The van der Waals surface area contributed by atoms with Crippen LogP contribution in [0.5, 0.6) is 0 Å². The van der Waals surface area contributed by atoms with Gasteiger partial charge in [-0.25, -0.2) is 176 Å². The minimum atomic E-state index is -7.89. The second-order valence-corrected chi connectivity index (χ2v) is 26.8. The molecule has 0 aromatic heterocycles.